The lowest BCUT2D eigenvalue weighted by Crippen LogP contribution is -2.19. The summed E-state index contributed by atoms with van der Waals surface area (Å²) in [7, 11) is 1.56. The second-order valence-corrected chi connectivity index (χ2v) is 3.62. The summed E-state index contributed by atoms with van der Waals surface area (Å²) >= 11 is 0. The molecule has 0 radical (unpaired) electrons. The van der Waals surface area contributed by atoms with Gasteiger partial charge >= 0.3 is 0 Å². The lowest BCUT2D eigenvalue weighted by molar-refractivity contribution is -0.119. The van der Waals surface area contributed by atoms with Crippen molar-refractivity contribution in [2.24, 2.45) is 0 Å². The second kappa shape index (κ2) is 5.89. The minimum atomic E-state index is -0.138. The summed E-state index contributed by atoms with van der Waals surface area (Å²) in [5.41, 5.74) is 1.49. The molecule has 2 N–H and O–H groups in total. The number of amides is 2. The van der Waals surface area contributed by atoms with Crippen LogP contribution < -0.4 is 15.4 Å². The van der Waals surface area contributed by atoms with Gasteiger partial charge in [0.2, 0.25) is 11.8 Å². The Bertz CT molecular complexity index is 430. The number of hydrogen-bond acceptors (Lipinski definition) is 3. The number of benzene rings is 1. The first kappa shape index (κ1) is 13.0. The van der Waals surface area contributed by atoms with Gasteiger partial charge in [-0.05, 0) is 18.2 Å². The van der Waals surface area contributed by atoms with Gasteiger partial charge < -0.3 is 15.4 Å². The van der Waals surface area contributed by atoms with Crippen LogP contribution in [0.25, 0.3) is 0 Å². The number of ether oxygens (including phenoxy) is 1. The molecule has 0 spiro atoms. The molecule has 0 saturated heterocycles. The SMILES string of the molecule is COc1ccc(NC(C)=O)cc1CNC(C)=O. The van der Waals surface area contributed by atoms with Crippen LogP contribution in [0.2, 0.25) is 0 Å². The Morgan fingerprint density at radius 3 is 2.47 bits per heavy atom. The van der Waals surface area contributed by atoms with E-state index in [9.17, 15) is 9.59 Å². The monoisotopic (exact) mass is 236 g/mol. The summed E-state index contributed by atoms with van der Waals surface area (Å²) in [6, 6.07) is 5.27. The van der Waals surface area contributed by atoms with E-state index in [0.29, 0.717) is 18.0 Å². The maximum atomic E-state index is 10.9. The van der Waals surface area contributed by atoms with Crippen molar-refractivity contribution < 1.29 is 14.3 Å². The van der Waals surface area contributed by atoms with Crippen LogP contribution in [0.1, 0.15) is 19.4 Å². The number of methoxy groups -OCH3 is 1. The molecule has 1 aromatic rings. The maximum absolute atomic E-state index is 10.9. The minimum absolute atomic E-state index is 0.114. The zero-order valence-corrected chi connectivity index (χ0v) is 10.2. The van der Waals surface area contributed by atoms with E-state index in [2.05, 4.69) is 10.6 Å². The molecule has 0 heterocycles. The Morgan fingerprint density at radius 1 is 1.24 bits per heavy atom. The second-order valence-electron chi connectivity index (χ2n) is 3.62. The number of nitrogens with one attached hydrogen (secondary N) is 2. The van der Waals surface area contributed by atoms with E-state index in [1.807, 2.05) is 0 Å². The summed E-state index contributed by atoms with van der Waals surface area (Å²) in [5, 5.41) is 5.36. The van der Waals surface area contributed by atoms with Gasteiger partial charge in [0, 0.05) is 31.6 Å². The summed E-state index contributed by atoms with van der Waals surface area (Å²) in [4.78, 5) is 21.8. The van der Waals surface area contributed by atoms with E-state index in [-0.39, 0.29) is 11.8 Å². The lowest BCUT2D eigenvalue weighted by atomic mass is 10.1. The molecular formula is C12H16N2O3. The summed E-state index contributed by atoms with van der Waals surface area (Å²) < 4.78 is 5.17. The third kappa shape index (κ3) is 4.14. The average Bonchev–Trinajstić information content (AvgIpc) is 2.25. The first-order valence-corrected chi connectivity index (χ1v) is 5.22. The highest BCUT2D eigenvalue weighted by molar-refractivity contribution is 5.88. The van der Waals surface area contributed by atoms with E-state index < -0.39 is 0 Å². The van der Waals surface area contributed by atoms with Crippen molar-refractivity contribution in [1.82, 2.24) is 5.32 Å². The van der Waals surface area contributed by atoms with Crippen molar-refractivity contribution in [1.29, 1.82) is 0 Å². The molecule has 0 fully saturated rings. The van der Waals surface area contributed by atoms with Crippen molar-refractivity contribution in [3.8, 4) is 5.75 Å². The van der Waals surface area contributed by atoms with Gasteiger partial charge in [0.05, 0.1) is 7.11 Å². The maximum Gasteiger partial charge on any atom is 0.221 e. The van der Waals surface area contributed by atoms with Crippen LogP contribution in [0.15, 0.2) is 18.2 Å². The third-order valence-corrected chi connectivity index (χ3v) is 2.13. The number of rotatable bonds is 4. The number of anilines is 1. The lowest BCUT2D eigenvalue weighted by Gasteiger charge is -2.11. The molecule has 1 aromatic carbocycles. The van der Waals surface area contributed by atoms with Crippen LogP contribution in [-0.4, -0.2) is 18.9 Å². The van der Waals surface area contributed by atoms with Crippen LogP contribution in [-0.2, 0) is 16.1 Å². The number of hydrogen-bond donors (Lipinski definition) is 2. The standard InChI is InChI=1S/C12H16N2O3/c1-8(15)13-7-10-6-11(14-9(2)16)4-5-12(10)17-3/h4-6H,7H2,1-3H3,(H,13,15)(H,14,16). The number of carbonyl (C=O) groups is 2. The molecule has 5 heteroatoms. The van der Waals surface area contributed by atoms with E-state index in [4.69, 9.17) is 4.74 Å². The Balaban J connectivity index is 2.89. The molecule has 0 aromatic heterocycles. The van der Waals surface area contributed by atoms with Crippen LogP contribution >= 0.6 is 0 Å². The zero-order valence-electron chi connectivity index (χ0n) is 10.2. The molecule has 0 unspecified atom stereocenters. The minimum Gasteiger partial charge on any atom is -0.496 e. The van der Waals surface area contributed by atoms with Gasteiger partial charge in [-0.25, -0.2) is 0 Å². The van der Waals surface area contributed by atoms with Gasteiger partial charge in [-0.3, -0.25) is 9.59 Å². The van der Waals surface area contributed by atoms with Crippen molar-refractivity contribution in [2.75, 3.05) is 12.4 Å². The molecule has 0 aliphatic rings. The van der Waals surface area contributed by atoms with E-state index in [1.165, 1.54) is 13.8 Å². The highest BCUT2D eigenvalue weighted by Gasteiger charge is 2.05. The first-order chi connectivity index (χ1) is 8.02. The van der Waals surface area contributed by atoms with Crippen molar-refractivity contribution in [3.05, 3.63) is 23.8 Å². The smallest absolute Gasteiger partial charge is 0.221 e. The predicted octanol–water partition coefficient (Wildman–Crippen LogP) is 1.29. The normalized spacial score (nSPS) is 9.59. The highest BCUT2D eigenvalue weighted by Crippen LogP contribution is 2.22. The van der Waals surface area contributed by atoms with Crippen LogP contribution in [0.3, 0.4) is 0 Å². The molecule has 17 heavy (non-hydrogen) atoms. The molecule has 5 nitrogen and oxygen atoms in total. The molecule has 0 atom stereocenters. The van der Waals surface area contributed by atoms with Gasteiger partial charge in [0.1, 0.15) is 5.75 Å². The predicted molar refractivity (Wildman–Crippen MR) is 64.8 cm³/mol. The molecule has 2 amide bonds. The topological polar surface area (TPSA) is 67.4 Å². The molecule has 0 aliphatic heterocycles. The quantitative estimate of drug-likeness (QED) is 0.827. The van der Waals surface area contributed by atoms with E-state index >= 15 is 0 Å². The fourth-order valence-corrected chi connectivity index (χ4v) is 1.42. The Morgan fingerprint density at radius 2 is 1.94 bits per heavy atom. The molecule has 0 aliphatic carbocycles. The average molecular weight is 236 g/mol. The molecule has 92 valence electrons. The van der Waals surface area contributed by atoms with Crippen molar-refractivity contribution >= 4 is 17.5 Å². The van der Waals surface area contributed by atoms with Crippen LogP contribution in [0.4, 0.5) is 5.69 Å². The number of carbonyl (C=O) groups excluding carboxylic acids is 2. The van der Waals surface area contributed by atoms with E-state index in [1.54, 1.807) is 25.3 Å². The third-order valence-electron chi connectivity index (χ3n) is 2.13. The van der Waals surface area contributed by atoms with Crippen molar-refractivity contribution in [3.63, 3.8) is 0 Å². The van der Waals surface area contributed by atoms with Crippen LogP contribution in [0.5, 0.6) is 5.75 Å². The molecule has 0 saturated carbocycles. The van der Waals surface area contributed by atoms with Gasteiger partial charge in [0.25, 0.3) is 0 Å². The van der Waals surface area contributed by atoms with Gasteiger partial charge in [0.15, 0.2) is 0 Å². The zero-order chi connectivity index (χ0) is 12.8. The van der Waals surface area contributed by atoms with Gasteiger partial charge in [-0.1, -0.05) is 0 Å². The summed E-state index contributed by atoms with van der Waals surface area (Å²) in [6.45, 7) is 3.26. The van der Waals surface area contributed by atoms with Crippen molar-refractivity contribution in [2.45, 2.75) is 20.4 Å². The Kier molecular flexibility index (Phi) is 4.51. The van der Waals surface area contributed by atoms with Gasteiger partial charge in [-0.15, -0.1) is 0 Å². The summed E-state index contributed by atoms with van der Waals surface area (Å²) in [6.07, 6.45) is 0. The fourth-order valence-electron chi connectivity index (χ4n) is 1.42. The Labute approximate surface area is 100 Å². The molecule has 1 rings (SSSR count). The van der Waals surface area contributed by atoms with E-state index in [0.717, 1.165) is 5.56 Å². The largest absolute Gasteiger partial charge is 0.496 e. The summed E-state index contributed by atoms with van der Waals surface area (Å²) in [5.74, 6) is 0.422. The fraction of sp³-hybridized carbons (Fsp3) is 0.333. The van der Waals surface area contributed by atoms with Gasteiger partial charge in [-0.2, -0.15) is 0 Å². The Hall–Kier alpha value is -2.04. The highest BCUT2D eigenvalue weighted by atomic mass is 16.5. The first-order valence-electron chi connectivity index (χ1n) is 5.22. The molecule has 0 bridgehead atoms. The molecular weight excluding hydrogens is 220 g/mol. The van der Waals surface area contributed by atoms with Crippen LogP contribution in [0, 0.1) is 0 Å².